The van der Waals surface area contributed by atoms with E-state index >= 15 is 0 Å². The van der Waals surface area contributed by atoms with Crippen LogP contribution in [-0.4, -0.2) is 6.71 Å². The zero-order chi connectivity index (χ0) is 47.4. The van der Waals surface area contributed by atoms with Gasteiger partial charge in [-0.3, -0.25) is 0 Å². The molecule has 0 saturated heterocycles. The molecule has 5 aliphatic rings. The molecule has 0 bridgehead atoms. The summed E-state index contributed by atoms with van der Waals surface area (Å²) in [5, 5.41) is 4.10. The number of benzene rings is 6. The molecule has 4 heterocycles. The summed E-state index contributed by atoms with van der Waals surface area (Å²) in [6, 6.07) is 39.6. The first-order valence-electron chi connectivity index (χ1n) is 25.7. The van der Waals surface area contributed by atoms with Gasteiger partial charge in [0.1, 0.15) is 0 Å². The molecule has 5 heteroatoms. The summed E-state index contributed by atoms with van der Waals surface area (Å²) in [7, 11) is 0. The van der Waals surface area contributed by atoms with Gasteiger partial charge >= 0.3 is 0 Å². The molecule has 0 N–H and O–H groups in total. The number of anilines is 6. The third-order valence-electron chi connectivity index (χ3n) is 18.5. The summed E-state index contributed by atoms with van der Waals surface area (Å²) < 4.78 is 5.61. The Labute approximate surface area is 413 Å². The van der Waals surface area contributed by atoms with E-state index in [4.69, 9.17) is 0 Å². The highest BCUT2D eigenvalue weighted by atomic mass is 32.1. The number of fused-ring (bicyclic) bond motifs is 12. The van der Waals surface area contributed by atoms with Crippen LogP contribution >= 0.6 is 22.7 Å². The maximum atomic E-state index is 2.76. The maximum Gasteiger partial charge on any atom is 0.264 e. The number of thiophene rings is 2. The average Bonchev–Trinajstić information content (AvgIpc) is 3.86. The van der Waals surface area contributed by atoms with Gasteiger partial charge in [0.15, 0.2) is 0 Å². The second kappa shape index (κ2) is 13.7. The predicted octanol–water partition coefficient (Wildman–Crippen LogP) is 16.7. The zero-order valence-corrected chi connectivity index (χ0v) is 44.4. The Morgan fingerprint density at radius 2 is 0.971 bits per heavy atom. The molecule has 2 aromatic heterocycles. The SMILES string of the molecule is Cc1cc2c3c(c1)N(c1cccc4c1sc1ccccc14)c1c(sc4cc5c(cc14)C(C)(C)CCC5(C)C)B3c1cc3c(cc1N2c1ccc2c(c1)C(C)(C)CCC2(C)C)C(C)(C)CCC3(C)C. The molecule has 0 fully saturated rings. The molecule has 2 nitrogen and oxygen atoms in total. The molecule has 344 valence electrons. The van der Waals surface area contributed by atoms with Gasteiger partial charge < -0.3 is 9.80 Å². The molecule has 13 rings (SSSR count). The normalized spacial score (nSPS) is 20.7. The Hall–Kier alpha value is -4.84. The largest absolute Gasteiger partial charge is 0.311 e. The minimum Gasteiger partial charge on any atom is -0.311 e. The monoisotopic (exact) mass is 926 g/mol. The lowest BCUT2D eigenvalue weighted by atomic mass is 9.35. The maximum absolute atomic E-state index is 2.76. The molecular formula is C63H67BN2S2. The van der Waals surface area contributed by atoms with Gasteiger partial charge in [-0.2, -0.15) is 0 Å². The molecule has 2 aliphatic heterocycles. The van der Waals surface area contributed by atoms with Crippen LogP contribution < -0.4 is 25.5 Å². The summed E-state index contributed by atoms with van der Waals surface area (Å²) in [6.45, 7) is 32.3. The number of rotatable bonds is 2. The summed E-state index contributed by atoms with van der Waals surface area (Å²) in [5.74, 6) is 0. The standard InChI is InChI=1S/C63H67BN2S2/c1-36-29-50-54-51(30-36)66(48-19-16-18-39-38-17-14-15-20-52(38)67-56(39)48)55-40-32-43-46(63(12,13)28-25-60(43,6)7)35-53(40)68-57(55)64(54)47-33-44-45(62(10,11)27-26-61(44,8)9)34-49(47)65(50)37-21-22-41-42(31-37)59(4,5)24-23-58(41,2)3/h14-22,29-35H,23-28H2,1-13H3. The van der Waals surface area contributed by atoms with E-state index in [1.807, 2.05) is 11.3 Å². The minimum absolute atomic E-state index is 0.0687. The second-order valence-corrected chi connectivity index (χ2v) is 27.9. The highest BCUT2D eigenvalue weighted by Gasteiger charge is 2.49. The van der Waals surface area contributed by atoms with Crippen LogP contribution in [-0.2, 0) is 32.5 Å². The fraction of sp³-hybridized carbons (Fsp3) is 0.397. The van der Waals surface area contributed by atoms with Crippen molar-refractivity contribution in [2.45, 2.75) is 161 Å². The van der Waals surface area contributed by atoms with Gasteiger partial charge in [0, 0.05) is 53.1 Å². The van der Waals surface area contributed by atoms with Crippen molar-refractivity contribution in [2.24, 2.45) is 0 Å². The summed E-state index contributed by atoms with van der Waals surface area (Å²) in [6.07, 6.45) is 7.18. The van der Waals surface area contributed by atoms with Crippen LogP contribution in [0, 0.1) is 6.92 Å². The minimum atomic E-state index is 0.0687. The van der Waals surface area contributed by atoms with E-state index in [-0.39, 0.29) is 39.2 Å². The topological polar surface area (TPSA) is 6.48 Å². The third kappa shape index (κ3) is 5.87. The van der Waals surface area contributed by atoms with Crippen molar-refractivity contribution in [2.75, 3.05) is 9.80 Å². The van der Waals surface area contributed by atoms with Gasteiger partial charge in [0.2, 0.25) is 0 Å². The molecule has 0 atom stereocenters. The Bertz CT molecular complexity index is 3520. The van der Waals surface area contributed by atoms with Crippen LogP contribution in [0.5, 0.6) is 0 Å². The van der Waals surface area contributed by atoms with E-state index in [9.17, 15) is 0 Å². The first kappa shape index (κ1) is 43.2. The highest BCUT2D eigenvalue weighted by molar-refractivity contribution is 7.34. The van der Waals surface area contributed by atoms with E-state index in [1.54, 1.807) is 5.56 Å². The highest BCUT2D eigenvalue weighted by Crippen LogP contribution is 2.56. The summed E-state index contributed by atoms with van der Waals surface area (Å²) in [4.78, 5) is 5.49. The molecule has 68 heavy (non-hydrogen) atoms. The van der Waals surface area contributed by atoms with Gasteiger partial charge in [-0.1, -0.05) is 126 Å². The number of hydrogen-bond donors (Lipinski definition) is 0. The first-order valence-corrected chi connectivity index (χ1v) is 27.3. The Kier molecular flexibility index (Phi) is 8.72. The lowest BCUT2D eigenvalue weighted by Crippen LogP contribution is -2.61. The molecule has 6 aromatic carbocycles. The Morgan fingerprint density at radius 3 is 1.63 bits per heavy atom. The van der Waals surface area contributed by atoms with Crippen LogP contribution in [0.15, 0.2) is 97.1 Å². The molecule has 0 spiro atoms. The molecule has 0 saturated carbocycles. The fourth-order valence-corrected chi connectivity index (χ4v) is 16.4. The fourth-order valence-electron chi connectivity index (χ4n) is 13.9. The lowest BCUT2D eigenvalue weighted by molar-refractivity contribution is 0.332. The Morgan fingerprint density at radius 1 is 0.426 bits per heavy atom. The lowest BCUT2D eigenvalue weighted by Gasteiger charge is -2.47. The van der Waals surface area contributed by atoms with Crippen molar-refractivity contribution in [3.63, 3.8) is 0 Å². The van der Waals surface area contributed by atoms with Crippen molar-refractivity contribution in [1.29, 1.82) is 0 Å². The average molecular weight is 927 g/mol. The van der Waals surface area contributed by atoms with Gasteiger partial charge in [-0.25, -0.2) is 0 Å². The molecule has 8 aromatic rings. The van der Waals surface area contributed by atoms with Crippen LogP contribution in [0.4, 0.5) is 34.1 Å². The molecule has 0 amide bonds. The van der Waals surface area contributed by atoms with Crippen molar-refractivity contribution < 1.29 is 0 Å². The smallest absolute Gasteiger partial charge is 0.264 e. The zero-order valence-electron chi connectivity index (χ0n) is 42.8. The van der Waals surface area contributed by atoms with Gasteiger partial charge in [0.25, 0.3) is 6.71 Å². The van der Waals surface area contributed by atoms with Crippen LogP contribution in [0.2, 0.25) is 0 Å². The van der Waals surface area contributed by atoms with E-state index < -0.39 is 0 Å². The van der Waals surface area contributed by atoms with Crippen LogP contribution in [0.3, 0.4) is 0 Å². The van der Waals surface area contributed by atoms with E-state index in [0.29, 0.717) is 0 Å². The molecule has 3 aliphatic carbocycles. The van der Waals surface area contributed by atoms with E-state index in [1.165, 1.54) is 152 Å². The Balaban J connectivity index is 1.18. The van der Waals surface area contributed by atoms with Crippen molar-refractivity contribution in [3.8, 4) is 0 Å². The first-order chi connectivity index (χ1) is 32.1. The van der Waals surface area contributed by atoms with Crippen LogP contribution in [0.1, 0.15) is 161 Å². The number of aryl methyl sites for hydroxylation is 1. The van der Waals surface area contributed by atoms with Crippen LogP contribution in [0.25, 0.3) is 30.3 Å². The van der Waals surface area contributed by atoms with Gasteiger partial charge in [0.05, 0.1) is 16.1 Å². The molecule has 0 radical (unpaired) electrons. The predicted molar refractivity (Wildman–Crippen MR) is 299 cm³/mol. The number of nitrogens with zero attached hydrogens (tertiary/aromatic N) is 2. The number of hydrogen-bond acceptors (Lipinski definition) is 4. The summed E-state index contributed by atoms with van der Waals surface area (Å²) in [5.41, 5.74) is 21.9. The summed E-state index contributed by atoms with van der Waals surface area (Å²) >= 11 is 4.04. The quantitative estimate of drug-likeness (QED) is 0.159. The second-order valence-electron chi connectivity index (χ2n) is 25.8. The van der Waals surface area contributed by atoms with Crippen molar-refractivity contribution in [3.05, 3.63) is 136 Å². The van der Waals surface area contributed by atoms with Gasteiger partial charge in [-0.05, 0) is 182 Å². The van der Waals surface area contributed by atoms with Crippen molar-refractivity contribution >= 4 is 109 Å². The van der Waals surface area contributed by atoms with Crippen molar-refractivity contribution in [1.82, 2.24) is 0 Å². The van der Waals surface area contributed by atoms with E-state index in [2.05, 4.69) is 208 Å². The third-order valence-corrected chi connectivity index (χ3v) is 20.9. The molecule has 0 unspecified atom stereocenters. The van der Waals surface area contributed by atoms with Gasteiger partial charge in [-0.15, -0.1) is 22.7 Å². The molecular weight excluding hydrogens is 860 g/mol. The van der Waals surface area contributed by atoms with E-state index in [0.717, 1.165) is 0 Å².